The van der Waals surface area contributed by atoms with Crippen molar-refractivity contribution < 1.29 is 17.5 Å². The highest BCUT2D eigenvalue weighted by molar-refractivity contribution is 7.86. The van der Waals surface area contributed by atoms with Gasteiger partial charge in [-0.25, -0.2) is 0 Å². The fourth-order valence-corrected chi connectivity index (χ4v) is 9.31. The number of anilines is 2. The Labute approximate surface area is 369 Å². The van der Waals surface area contributed by atoms with Gasteiger partial charge in [0.15, 0.2) is 0 Å². The predicted octanol–water partition coefficient (Wildman–Crippen LogP) is 14.9. The van der Waals surface area contributed by atoms with Crippen molar-refractivity contribution in [1.29, 1.82) is 0 Å². The first-order valence-corrected chi connectivity index (χ1v) is 24.9. The van der Waals surface area contributed by atoms with Crippen LogP contribution in [0.5, 0.6) is 0 Å². The molecule has 5 rings (SSSR count). The molecule has 4 aromatic rings. The summed E-state index contributed by atoms with van der Waals surface area (Å²) in [7, 11) is -4.50. The van der Waals surface area contributed by atoms with Gasteiger partial charge in [-0.05, 0) is 101 Å². The smallest absolute Gasteiger partial charge is 0.295 e. The van der Waals surface area contributed by atoms with Crippen LogP contribution in [0.25, 0.3) is 5.57 Å². The van der Waals surface area contributed by atoms with Crippen molar-refractivity contribution in [2.45, 2.75) is 136 Å². The second-order valence-corrected chi connectivity index (χ2v) is 18.4. The molecular weight excluding hydrogens is 769 g/mol. The minimum Gasteiger partial charge on any atom is -0.341 e. The molecule has 1 aliphatic rings. The standard InChI is InChI=1S/C55H72N2O3S/c1-7-13-19-43(11-5)41-45-23-31-49(32-24-45)56(39-15-9-3)51-35-27-47(28-36-51)55(53-21-17-18-22-54(53)61(58,59)60)48-29-37-52(38-30-48)57(40-16-10-4)50-33-25-46(26-34-50)42-44(12-6)20-14-8-2/h17-18,21-38,43-44H,7-16,19-20,39-42H2,1-6H3/p+1. The first-order chi connectivity index (χ1) is 29.6. The van der Waals surface area contributed by atoms with Gasteiger partial charge in [-0.1, -0.05) is 160 Å². The van der Waals surface area contributed by atoms with Crippen LogP contribution in [0, 0.1) is 11.8 Å². The summed E-state index contributed by atoms with van der Waals surface area (Å²) in [6, 6.07) is 33.5. The Morgan fingerprint density at radius 1 is 0.607 bits per heavy atom. The van der Waals surface area contributed by atoms with Crippen molar-refractivity contribution >= 4 is 38.5 Å². The topological polar surface area (TPSA) is 60.6 Å². The van der Waals surface area contributed by atoms with E-state index >= 15 is 0 Å². The average Bonchev–Trinajstić information content (AvgIpc) is 3.28. The molecule has 1 N–H and O–H groups in total. The van der Waals surface area contributed by atoms with Crippen LogP contribution in [0.15, 0.2) is 132 Å². The maximum atomic E-state index is 12.8. The van der Waals surface area contributed by atoms with E-state index in [0.717, 1.165) is 91.6 Å². The molecule has 0 radical (unpaired) electrons. The van der Waals surface area contributed by atoms with Gasteiger partial charge >= 0.3 is 0 Å². The van der Waals surface area contributed by atoms with Crippen molar-refractivity contribution in [2.75, 3.05) is 18.0 Å². The molecule has 0 aliphatic heterocycles. The molecule has 6 heteroatoms. The Balaban J connectivity index is 1.51. The van der Waals surface area contributed by atoms with Gasteiger partial charge < -0.3 is 4.90 Å². The van der Waals surface area contributed by atoms with E-state index in [4.69, 9.17) is 0 Å². The molecule has 0 amide bonds. The second-order valence-electron chi connectivity index (χ2n) is 17.0. The van der Waals surface area contributed by atoms with Crippen LogP contribution < -0.4 is 4.90 Å². The van der Waals surface area contributed by atoms with Crippen molar-refractivity contribution in [3.8, 4) is 0 Å². The van der Waals surface area contributed by atoms with Crippen LogP contribution in [0.1, 0.15) is 141 Å². The van der Waals surface area contributed by atoms with Crippen molar-refractivity contribution in [1.82, 2.24) is 0 Å². The summed E-state index contributed by atoms with van der Waals surface area (Å²) < 4.78 is 38.5. The monoisotopic (exact) mass is 842 g/mol. The number of hydrogen-bond donors (Lipinski definition) is 1. The molecule has 2 unspecified atom stereocenters. The summed E-state index contributed by atoms with van der Waals surface area (Å²) in [5.74, 6) is 1.44. The van der Waals surface area contributed by atoms with Gasteiger partial charge in [0.05, 0.1) is 0 Å². The van der Waals surface area contributed by atoms with E-state index in [0.29, 0.717) is 5.56 Å². The van der Waals surface area contributed by atoms with Gasteiger partial charge in [0.25, 0.3) is 10.1 Å². The third kappa shape index (κ3) is 13.5. The Kier molecular flexibility index (Phi) is 18.9. The molecule has 5 nitrogen and oxygen atoms in total. The van der Waals surface area contributed by atoms with E-state index in [9.17, 15) is 13.0 Å². The van der Waals surface area contributed by atoms with Gasteiger partial charge in [-0.3, -0.25) is 4.55 Å². The molecule has 0 heterocycles. The van der Waals surface area contributed by atoms with Crippen LogP contribution in [0.2, 0.25) is 0 Å². The highest BCUT2D eigenvalue weighted by atomic mass is 32.2. The average molecular weight is 842 g/mol. The minimum atomic E-state index is -4.50. The van der Waals surface area contributed by atoms with Crippen molar-refractivity contribution in [3.63, 3.8) is 0 Å². The van der Waals surface area contributed by atoms with E-state index in [1.165, 1.54) is 79.9 Å². The van der Waals surface area contributed by atoms with E-state index in [-0.39, 0.29) is 4.90 Å². The number of rotatable bonds is 24. The van der Waals surface area contributed by atoms with Crippen LogP contribution in [0.3, 0.4) is 0 Å². The van der Waals surface area contributed by atoms with Gasteiger partial charge in [0.2, 0.25) is 11.4 Å². The van der Waals surface area contributed by atoms with Crippen LogP contribution in [0.4, 0.5) is 17.1 Å². The lowest BCUT2D eigenvalue weighted by molar-refractivity contribution is -0.439. The molecule has 0 bridgehead atoms. The van der Waals surface area contributed by atoms with E-state index in [2.05, 4.69) is 148 Å². The minimum absolute atomic E-state index is 0.104. The summed E-state index contributed by atoms with van der Waals surface area (Å²) in [4.78, 5) is 2.28. The molecule has 2 atom stereocenters. The molecule has 0 fully saturated rings. The number of benzene rings is 4. The van der Waals surface area contributed by atoms with Gasteiger partial charge in [-0.15, -0.1) is 0 Å². The lowest BCUT2D eigenvalue weighted by Crippen LogP contribution is -2.18. The van der Waals surface area contributed by atoms with Crippen molar-refractivity contribution in [2.24, 2.45) is 11.8 Å². The summed E-state index contributed by atoms with van der Waals surface area (Å²) >= 11 is 0. The second kappa shape index (κ2) is 24.2. The largest absolute Gasteiger partial charge is 0.341 e. The van der Waals surface area contributed by atoms with Gasteiger partial charge in [0.1, 0.15) is 11.4 Å². The highest BCUT2D eigenvalue weighted by Gasteiger charge is 2.23. The Morgan fingerprint density at radius 3 is 1.62 bits per heavy atom. The summed E-state index contributed by atoms with van der Waals surface area (Å²) in [6.45, 7) is 15.4. The summed E-state index contributed by atoms with van der Waals surface area (Å²) in [5.41, 5.74) is 10.3. The predicted molar refractivity (Wildman–Crippen MR) is 261 cm³/mol. The van der Waals surface area contributed by atoms with Crippen molar-refractivity contribution in [3.05, 3.63) is 149 Å². The van der Waals surface area contributed by atoms with Crippen LogP contribution in [-0.4, -0.2) is 36.3 Å². The lowest BCUT2D eigenvalue weighted by atomic mass is 9.90. The zero-order valence-electron chi connectivity index (χ0n) is 38.1. The molecule has 1 aliphatic carbocycles. The Hall–Kier alpha value is -4.52. The number of hydrogen-bond acceptors (Lipinski definition) is 3. The number of unbranched alkanes of at least 4 members (excludes halogenated alkanes) is 4. The molecule has 326 valence electrons. The zero-order valence-corrected chi connectivity index (χ0v) is 38.9. The lowest BCUT2D eigenvalue weighted by Gasteiger charge is -2.26. The third-order valence-electron chi connectivity index (χ3n) is 12.5. The van der Waals surface area contributed by atoms with Crippen LogP contribution in [-0.2, 0) is 23.0 Å². The molecule has 4 aromatic carbocycles. The Morgan fingerprint density at radius 2 is 1.11 bits per heavy atom. The molecular formula is C55H73N2O3S+. The van der Waals surface area contributed by atoms with Crippen LogP contribution >= 0.6 is 0 Å². The fourth-order valence-electron chi connectivity index (χ4n) is 8.62. The van der Waals surface area contributed by atoms with Gasteiger partial charge in [-0.2, -0.15) is 13.0 Å². The highest BCUT2D eigenvalue weighted by Crippen LogP contribution is 2.36. The molecule has 0 saturated heterocycles. The molecule has 0 saturated carbocycles. The quantitative estimate of drug-likeness (QED) is 0.0564. The first kappa shape index (κ1) is 47.5. The number of nitrogens with zero attached hydrogens (tertiary/aromatic N) is 2. The fraction of sp³-hybridized carbons (Fsp3) is 0.436. The summed E-state index contributed by atoms with van der Waals surface area (Å²) in [5, 5.41) is 0. The third-order valence-corrected chi connectivity index (χ3v) is 13.4. The molecule has 0 spiro atoms. The normalized spacial score (nSPS) is 13.7. The number of allylic oxidation sites excluding steroid dienone is 5. The van der Waals surface area contributed by atoms with E-state index in [1.54, 1.807) is 12.1 Å². The van der Waals surface area contributed by atoms with Gasteiger partial charge in [0, 0.05) is 54.2 Å². The molecule has 61 heavy (non-hydrogen) atoms. The maximum Gasteiger partial charge on any atom is 0.295 e. The van der Waals surface area contributed by atoms with E-state index < -0.39 is 10.1 Å². The molecule has 0 aromatic heterocycles. The zero-order chi connectivity index (χ0) is 43.6. The Bertz CT molecular complexity index is 2180. The first-order valence-electron chi connectivity index (χ1n) is 23.5. The summed E-state index contributed by atoms with van der Waals surface area (Å²) in [6.07, 6.45) is 25.0. The maximum absolute atomic E-state index is 12.8. The van der Waals surface area contributed by atoms with E-state index in [1.807, 2.05) is 6.07 Å². The SMILES string of the molecule is CCCCC(CC)Cc1ccc(N(CCCC)c2ccc(C(=C3C=CC(=[N+](CCCC)c4ccc(CC(CC)CCCC)cc4)C=C3)c3ccccc3S(=O)(=O)O)cc2)cc1.